The van der Waals surface area contributed by atoms with E-state index in [9.17, 15) is 18.1 Å². The molecule has 0 amide bonds. The maximum Gasteiger partial charge on any atom is 1.00 e. The van der Waals surface area contributed by atoms with Gasteiger partial charge in [-0.05, 0) is 25.7 Å². The topological polar surface area (TPSA) is 77.4 Å². The van der Waals surface area contributed by atoms with Crippen LogP contribution >= 0.6 is 0 Å². The van der Waals surface area contributed by atoms with Crippen LogP contribution in [0.5, 0.6) is 0 Å². The third kappa shape index (κ3) is 14.8. The standard InChI is InChI=1S/C15H32O4S.K/c1-3-5-12-15(20(17,18)19)13-10-8-6-7-9-11-14(16)4-2;/h14-16H,3-13H2,1-2H3,(H,17,18,19);/q;+1/p-1. The summed E-state index contributed by atoms with van der Waals surface area (Å²) in [6, 6.07) is 0. The zero-order valence-corrected chi connectivity index (χ0v) is 18.0. The number of aliphatic hydroxyl groups is 1. The van der Waals surface area contributed by atoms with Crippen molar-refractivity contribution in [2.24, 2.45) is 0 Å². The van der Waals surface area contributed by atoms with E-state index in [1.54, 1.807) is 0 Å². The van der Waals surface area contributed by atoms with E-state index in [1.165, 1.54) is 0 Å². The summed E-state index contributed by atoms with van der Waals surface area (Å²) in [6.07, 6.45) is 9.14. The van der Waals surface area contributed by atoms with Gasteiger partial charge >= 0.3 is 51.4 Å². The first-order valence-corrected chi connectivity index (χ1v) is 9.51. The van der Waals surface area contributed by atoms with Crippen LogP contribution in [0.4, 0.5) is 0 Å². The zero-order chi connectivity index (χ0) is 15.4. The van der Waals surface area contributed by atoms with Crippen LogP contribution < -0.4 is 51.4 Å². The Morgan fingerprint density at radius 3 is 1.86 bits per heavy atom. The number of hydrogen-bond donors (Lipinski definition) is 1. The largest absolute Gasteiger partial charge is 1.00 e. The molecule has 122 valence electrons. The van der Waals surface area contributed by atoms with Gasteiger partial charge in [-0.25, -0.2) is 8.42 Å². The fourth-order valence-corrected chi connectivity index (χ4v) is 3.26. The van der Waals surface area contributed by atoms with Gasteiger partial charge < -0.3 is 9.66 Å². The maximum absolute atomic E-state index is 11.1. The van der Waals surface area contributed by atoms with Gasteiger partial charge in [-0.1, -0.05) is 58.8 Å². The summed E-state index contributed by atoms with van der Waals surface area (Å²) in [6.45, 7) is 3.98. The van der Waals surface area contributed by atoms with Gasteiger partial charge in [0.25, 0.3) is 0 Å². The summed E-state index contributed by atoms with van der Waals surface area (Å²) in [5.74, 6) is 0. The SMILES string of the molecule is CCCCC(CCCCCCCC(O)CC)S(=O)(=O)[O-].[K+]. The van der Waals surface area contributed by atoms with Crippen molar-refractivity contribution in [3.63, 3.8) is 0 Å². The summed E-state index contributed by atoms with van der Waals surface area (Å²) in [7, 11) is -4.13. The Hall–Kier alpha value is 1.51. The quantitative estimate of drug-likeness (QED) is 0.301. The minimum atomic E-state index is -4.13. The van der Waals surface area contributed by atoms with E-state index in [2.05, 4.69) is 0 Å². The van der Waals surface area contributed by atoms with E-state index in [0.717, 1.165) is 57.8 Å². The van der Waals surface area contributed by atoms with E-state index < -0.39 is 15.4 Å². The van der Waals surface area contributed by atoms with E-state index in [4.69, 9.17) is 0 Å². The maximum atomic E-state index is 11.1. The van der Waals surface area contributed by atoms with Crippen LogP contribution in [0.25, 0.3) is 0 Å². The second-order valence-corrected chi connectivity index (χ2v) is 7.32. The predicted octanol–water partition coefficient (Wildman–Crippen LogP) is 0.596. The van der Waals surface area contributed by atoms with E-state index >= 15 is 0 Å². The zero-order valence-electron chi connectivity index (χ0n) is 14.0. The molecule has 0 aromatic carbocycles. The van der Waals surface area contributed by atoms with Crippen molar-refractivity contribution in [1.82, 2.24) is 0 Å². The molecule has 2 unspecified atom stereocenters. The molecular weight excluding hydrogens is 315 g/mol. The first-order chi connectivity index (χ1) is 9.41. The van der Waals surface area contributed by atoms with Crippen molar-refractivity contribution in [3.05, 3.63) is 0 Å². The molecule has 0 aliphatic rings. The number of aliphatic hydroxyl groups excluding tert-OH is 1. The minimum Gasteiger partial charge on any atom is -0.748 e. The third-order valence-electron chi connectivity index (χ3n) is 3.82. The average molecular weight is 347 g/mol. The van der Waals surface area contributed by atoms with Crippen molar-refractivity contribution in [1.29, 1.82) is 0 Å². The fraction of sp³-hybridized carbons (Fsp3) is 1.00. The molecule has 0 rings (SSSR count). The van der Waals surface area contributed by atoms with Gasteiger partial charge in [-0.15, -0.1) is 0 Å². The van der Waals surface area contributed by atoms with Gasteiger partial charge in [-0.2, -0.15) is 0 Å². The molecule has 0 saturated heterocycles. The molecule has 2 atom stereocenters. The number of hydrogen-bond acceptors (Lipinski definition) is 4. The summed E-state index contributed by atoms with van der Waals surface area (Å²) in [4.78, 5) is 0. The van der Waals surface area contributed by atoms with Crippen molar-refractivity contribution in [3.8, 4) is 0 Å². The first-order valence-electron chi connectivity index (χ1n) is 8.04. The molecule has 0 fully saturated rings. The van der Waals surface area contributed by atoms with Crippen molar-refractivity contribution in [2.75, 3.05) is 0 Å². The summed E-state index contributed by atoms with van der Waals surface area (Å²) in [5, 5.41) is 8.71. The molecule has 0 spiro atoms. The van der Waals surface area contributed by atoms with Gasteiger partial charge in [0.2, 0.25) is 0 Å². The van der Waals surface area contributed by atoms with Crippen molar-refractivity contribution >= 4 is 10.1 Å². The van der Waals surface area contributed by atoms with Crippen LogP contribution in [0.1, 0.15) is 84.5 Å². The second-order valence-electron chi connectivity index (χ2n) is 5.66. The molecule has 0 aromatic rings. The van der Waals surface area contributed by atoms with Crippen molar-refractivity contribution in [2.45, 2.75) is 95.8 Å². The average Bonchev–Trinajstić information content (AvgIpc) is 2.39. The van der Waals surface area contributed by atoms with Gasteiger partial charge in [-0.3, -0.25) is 0 Å². The number of rotatable bonds is 13. The Kier molecular flexibility index (Phi) is 17.8. The van der Waals surface area contributed by atoms with Gasteiger partial charge in [0.1, 0.15) is 0 Å². The van der Waals surface area contributed by atoms with E-state index in [0.29, 0.717) is 12.8 Å². The summed E-state index contributed by atoms with van der Waals surface area (Å²) < 4.78 is 33.4. The van der Waals surface area contributed by atoms with Crippen LogP contribution in [-0.4, -0.2) is 29.4 Å². The normalized spacial score (nSPS) is 14.5. The number of unbranched alkanes of at least 4 members (excludes halogenated alkanes) is 5. The molecule has 0 radical (unpaired) electrons. The van der Waals surface area contributed by atoms with E-state index in [1.807, 2.05) is 13.8 Å². The fourth-order valence-electron chi connectivity index (χ4n) is 2.35. The monoisotopic (exact) mass is 346 g/mol. The molecular formula is C15H31KO4S. The molecule has 0 saturated carbocycles. The Morgan fingerprint density at radius 2 is 1.38 bits per heavy atom. The Morgan fingerprint density at radius 1 is 0.905 bits per heavy atom. The van der Waals surface area contributed by atoms with Crippen LogP contribution in [0.3, 0.4) is 0 Å². The van der Waals surface area contributed by atoms with E-state index in [-0.39, 0.29) is 57.5 Å². The van der Waals surface area contributed by atoms with Gasteiger partial charge in [0.05, 0.1) is 16.2 Å². The summed E-state index contributed by atoms with van der Waals surface area (Å²) in [5.41, 5.74) is 0. The Labute approximate surface area is 173 Å². The smallest absolute Gasteiger partial charge is 0.748 e. The van der Waals surface area contributed by atoms with Gasteiger partial charge in [0.15, 0.2) is 0 Å². The molecule has 0 aromatic heterocycles. The second kappa shape index (κ2) is 15.1. The molecule has 0 aliphatic carbocycles. The van der Waals surface area contributed by atoms with Gasteiger partial charge in [0, 0.05) is 5.25 Å². The predicted molar refractivity (Wildman–Crippen MR) is 81.6 cm³/mol. The molecule has 0 aliphatic heterocycles. The molecule has 6 heteroatoms. The first kappa shape index (κ1) is 24.8. The molecule has 0 heterocycles. The van der Waals surface area contributed by atoms with Crippen LogP contribution in [0.2, 0.25) is 0 Å². The van der Waals surface area contributed by atoms with Crippen LogP contribution in [-0.2, 0) is 10.1 Å². The minimum absolute atomic E-state index is 0. The third-order valence-corrected chi connectivity index (χ3v) is 5.11. The molecule has 21 heavy (non-hydrogen) atoms. The Bertz CT molecular complexity index is 320. The van der Waals surface area contributed by atoms with Crippen LogP contribution in [0.15, 0.2) is 0 Å². The van der Waals surface area contributed by atoms with Crippen LogP contribution in [0, 0.1) is 0 Å². The summed E-state index contributed by atoms with van der Waals surface area (Å²) >= 11 is 0. The van der Waals surface area contributed by atoms with Crippen molar-refractivity contribution < 1.29 is 69.5 Å². The molecule has 1 N–H and O–H groups in total. The molecule has 0 bridgehead atoms. The Balaban J connectivity index is 0. The molecule has 4 nitrogen and oxygen atoms in total.